The number of hydrogen-bond acceptors (Lipinski definition) is 7. The first-order valence-electron chi connectivity index (χ1n) is 11.0. The number of amides is 2. The van der Waals surface area contributed by atoms with Gasteiger partial charge in [0, 0.05) is 30.5 Å². The summed E-state index contributed by atoms with van der Waals surface area (Å²) in [5.74, 6) is 1.67. The highest BCUT2D eigenvalue weighted by Crippen LogP contribution is 2.37. The van der Waals surface area contributed by atoms with Crippen molar-refractivity contribution >= 4 is 28.3 Å². The van der Waals surface area contributed by atoms with Crippen molar-refractivity contribution in [2.75, 3.05) is 18.7 Å². The third-order valence-electron chi connectivity index (χ3n) is 6.10. The van der Waals surface area contributed by atoms with Crippen LogP contribution in [0.1, 0.15) is 51.4 Å². The van der Waals surface area contributed by atoms with E-state index in [2.05, 4.69) is 15.5 Å². The van der Waals surface area contributed by atoms with Gasteiger partial charge in [0.1, 0.15) is 5.01 Å². The summed E-state index contributed by atoms with van der Waals surface area (Å²) in [5.41, 5.74) is 0.862. The molecular weight excluding hydrogens is 416 g/mol. The minimum absolute atomic E-state index is 0.141. The summed E-state index contributed by atoms with van der Waals surface area (Å²) < 4.78 is 10.7. The van der Waals surface area contributed by atoms with Crippen molar-refractivity contribution in [3.63, 3.8) is 0 Å². The van der Waals surface area contributed by atoms with E-state index >= 15 is 0 Å². The van der Waals surface area contributed by atoms with E-state index < -0.39 is 0 Å². The van der Waals surface area contributed by atoms with Crippen molar-refractivity contribution in [1.82, 2.24) is 15.1 Å². The number of nitrogens with one attached hydrogen (secondary N) is 1. The van der Waals surface area contributed by atoms with Crippen LogP contribution < -0.4 is 14.8 Å². The Morgan fingerprint density at radius 2 is 1.87 bits per heavy atom. The predicted octanol–water partition coefficient (Wildman–Crippen LogP) is 3.83. The van der Waals surface area contributed by atoms with Crippen LogP contribution >= 0.6 is 11.3 Å². The zero-order chi connectivity index (χ0) is 21.2. The molecule has 9 heteroatoms. The molecule has 5 rings (SSSR count). The highest BCUT2D eigenvalue weighted by molar-refractivity contribution is 7.18. The topological polar surface area (TPSA) is 93.7 Å². The maximum absolute atomic E-state index is 12.8. The van der Waals surface area contributed by atoms with Gasteiger partial charge in [-0.15, -0.1) is 10.2 Å². The lowest BCUT2D eigenvalue weighted by atomic mass is 9.93. The molecule has 0 spiro atoms. The molecule has 0 radical (unpaired) electrons. The highest BCUT2D eigenvalue weighted by Gasteiger charge is 2.36. The van der Waals surface area contributed by atoms with Crippen molar-refractivity contribution in [2.45, 2.75) is 57.4 Å². The van der Waals surface area contributed by atoms with Crippen LogP contribution in [0.4, 0.5) is 5.13 Å². The number of carbonyl (C=O) groups excluding carboxylic acids is 2. The lowest BCUT2D eigenvalue weighted by Gasteiger charge is -2.34. The van der Waals surface area contributed by atoms with Gasteiger partial charge < -0.3 is 19.7 Å². The molecule has 2 saturated carbocycles. The fourth-order valence-electron chi connectivity index (χ4n) is 4.25. The van der Waals surface area contributed by atoms with Gasteiger partial charge in [-0.1, -0.05) is 30.6 Å². The second-order valence-electron chi connectivity index (χ2n) is 8.38. The smallest absolute Gasteiger partial charge is 0.231 e. The second-order valence-corrected chi connectivity index (χ2v) is 9.35. The fourth-order valence-corrected chi connectivity index (χ4v) is 5.01. The Morgan fingerprint density at radius 1 is 1.06 bits per heavy atom. The summed E-state index contributed by atoms with van der Waals surface area (Å²) in [5, 5.41) is 12.3. The number of benzene rings is 1. The number of fused-ring (bicyclic) bond motifs is 1. The van der Waals surface area contributed by atoms with Gasteiger partial charge in [-0.3, -0.25) is 9.59 Å². The molecule has 2 aliphatic carbocycles. The van der Waals surface area contributed by atoms with Crippen molar-refractivity contribution in [2.24, 2.45) is 5.92 Å². The number of ether oxygens (including phenoxy) is 2. The van der Waals surface area contributed by atoms with Crippen LogP contribution in [-0.2, 0) is 9.59 Å². The number of nitrogens with zero attached hydrogens (tertiary/aromatic N) is 3. The summed E-state index contributed by atoms with van der Waals surface area (Å²) >= 11 is 1.31. The van der Waals surface area contributed by atoms with Crippen LogP contribution in [0.5, 0.6) is 11.5 Å². The SMILES string of the molecule is O=C(CCN(C(=O)C1CC1)C1CCCCC1)Nc1nnc(-c2ccc3c(c2)OCO3)s1. The standard InChI is InChI=1S/C22H26N4O4S/c27-19(10-11-26(21(28)14-6-7-14)16-4-2-1-3-5-16)23-22-25-24-20(31-22)15-8-9-17-18(12-15)30-13-29-17/h8-9,12,14,16H,1-7,10-11,13H2,(H,23,25,27). The Morgan fingerprint density at radius 3 is 2.68 bits per heavy atom. The van der Waals surface area contributed by atoms with E-state index in [-0.39, 0.29) is 37.0 Å². The third kappa shape index (κ3) is 4.66. The molecule has 0 unspecified atom stereocenters. The normalized spacial score (nSPS) is 18.1. The molecule has 1 N–H and O–H groups in total. The largest absolute Gasteiger partial charge is 0.454 e. The highest BCUT2D eigenvalue weighted by atomic mass is 32.1. The summed E-state index contributed by atoms with van der Waals surface area (Å²) in [6.45, 7) is 0.691. The molecule has 1 aromatic carbocycles. The van der Waals surface area contributed by atoms with Gasteiger partial charge in [0.2, 0.25) is 23.7 Å². The molecule has 2 heterocycles. The number of rotatable bonds is 7. The quantitative estimate of drug-likeness (QED) is 0.700. The van der Waals surface area contributed by atoms with Gasteiger partial charge in [0.25, 0.3) is 0 Å². The van der Waals surface area contributed by atoms with Gasteiger partial charge in [0.05, 0.1) is 0 Å². The zero-order valence-corrected chi connectivity index (χ0v) is 18.2. The van der Waals surface area contributed by atoms with Gasteiger partial charge in [-0.2, -0.15) is 0 Å². The van der Waals surface area contributed by atoms with Crippen LogP contribution in [0.25, 0.3) is 10.6 Å². The van der Waals surface area contributed by atoms with Crippen molar-refractivity contribution in [3.05, 3.63) is 18.2 Å². The average Bonchev–Trinajstić information content (AvgIpc) is 3.36. The van der Waals surface area contributed by atoms with E-state index in [1.165, 1.54) is 30.6 Å². The summed E-state index contributed by atoms with van der Waals surface area (Å²) in [7, 11) is 0. The van der Waals surface area contributed by atoms with E-state index in [4.69, 9.17) is 9.47 Å². The molecular formula is C22H26N4O4S. The Hall–Kier alpha value is -2.68. The van der Waals surface area contributed by atoms with E-state index in [1.807, 2.05) is 23.1 Å². The molecule has 3 aliphatic rings. The van der Waals surface area contributed by atoms with Crippen LogP contribution in [0.2, 0.25) is 0 Å². The molecule has 164 valence electrons. The molecule has 0 saturated heterocycles. The number of hydrogen-bond donors (Lipinski definition) is 1. The molecule has 1 aromatic heterocycles. The Labute approximate surface area is 184 Å². The van der Waals surface area contributed by atoms with Gasteiger partial charge in [-0.05, 0) is 43.9 Å². The fraction of sp³-hybridized carbons (Fsp3) is 0.545. The van der Waals surface area contributed by atoms with E-state index in [0.29, 0.717) is 28.2 Å². The van der Waals surface area contributed by atoms with Crippen LogP contribution in [-0.4, -0.2) is 46.3 Å². The summed E-state index contributed by atoms with van der Waals surface area (Å²) in [6, 6.07) is 5.88. The monoisotopic (exact) mass is 442 g/mol. The van der Waals surface area contributed by atoms with Gasteiger partial charge in [-0.25, -0.2) is 0 Å². The van der Waals surface area contributed by atoms with Crippen molar-refractivity contribution in [1.29, 1.82) is 0 Å². The molecule has 31 heavy (non-hydrogen) atoms. The van der Waals surface area contributed by atoms with Gasteiger partial charge in [0.15, 0.2) is 11.5 Å². The van der Waals surface area contributed by atoms with E-state index in [1.54, 1.807) is 0 Å². The lowest BCUT2D eigenvalue weighted by molar-refractivity contribution is -0.136. The molecule has 2 amide bonds. The van der Waals surface area contributed by atoms with Crippen LogP contribution in [0.3, 0.4) is 0 Å². The summed E-state index contributed by atoms with van der Waals surface area (Å²) in [6.07, 6.45) is 7.92. The zero-order valence-electron chi connectivity index (χ0n) is 17.3. The molecule has 2 fully saturated rings. The minimum atomic E-state index is -0.141. The maximum atomic E-state index is 12.8. The predicted molar refractivity (Wildman–Crippen MR) is 116 cm³/mol. The lowest BCUT2D eigenvalue weighted by Crippen LogP contribution is -2.43. The Kier molecular flexibility index (Phi) is 5.76. The molecule has 0 atom stereocenters. The molecule has 0 bridgehead atoms. The van der Waals surface area contributed by atoms with Crippen molar-refractivity contribution in [3.8, 4) is 22.1 Å². The first-order valence-corrected chi connectivity index (χ1v) is 11.8. The minimum Gasteiger partial charge on any atom is -0.454 e. The first-order chi connectivity index (χ1) is 15.2. The average molecular weight is 443 g/mol. The van der Waals surface area contributed by atoms with Crippen LogP contribution in [0, 0.1) is 5.92 Å². The van der Waals surface area contributed by atoms with Crippen LogP contribution in [0.15, 0.2) is 18.2 Å². The number of anilines is 1. The van der Waals surface area contributed by atoms with E-state index in [0.717, 1.165) is 31.2 Å². The maximum Gasteiger partial charge on any atom is 0.231 e. The Balaban J connectivity index is 1.19. The summed E-state index contributed by atoms with van der Waals surface area (Å²) in [4.78, 5) is 27.3. The first kappa shape index (κ1) is 20.2. The molecule has 1 aliphatic heterocycles. The third-order valence-corrected chi connectivity index (χ3v) is 6.98. The molecule has 2 aromatic rings. The van der Waals surface area contributed by atoms with Crippen molar-refractivity contribution < 1.29 is 19.1 Å². The Bertz CT molecular complexity index is 968. The van der Waals surface area contributed by atoms with Gasteiger partial charge >= 0.3 is 0 Å². The number of carbonyl (C=O) groups is 2. The second kappa shape index (κ2) is 8.82. The number of aromatic nitrogens is 2. The molecule has 8 nitrogen and oxygen atoms in total. The van der Waals surface area contributed by atoms with E-state index in [9.17, 15) is 9.59 Å².